The molecule has 6 nitrogen and oxygen atoms in total. The normalized spacial score (nSPS) is 17.6. The molecule has 1 aromatic rings. The van der Waals surface area contributed by atoms with Crippen LogP contribution in [0.2, 0.25) is 0 Å². The molecule has 1 fully saturated rings. The van der Waals surface area contributed by atoms with Crippen molar-refractivity contribution in [2.45, 2.75) is 13.8 Å². The number of nitrogens with zero attached hydrogens (tertiary/aromatic N) is 3. The summed E-state index contributed by atoms with van der Waals surface area (Å²) >= 11 is 1.08. The largest absolute Gasteiger partial charge is 0.481 e. The van der Waals surface area contributed by atoms with Gasteiger partial charge < -0.3 is 10.0 Å². The van der Waals surface area contributed by atoms with Gasteiger partial charge in [-0.05, 0) is 18.5 Å². The topological polar surface area (TPSA) is 83.4 Å². The molecule has 0 aromatic carbocycles. The molecule has 1 aromatic heterocycles. The Kier molecular flexibility index (Phi) is 3.10. The van der Waals surface area contributed by atoms with Crippen LogP contribution < -0.4 is 0 Å². The van der Waals surface area contributed by atoms with Gasteiger partial charge in [-0.2, -0.15) is 0 Å². The molecule has 1 unspecified atom stereocenters. The molecule has 92 valence electrons. The highest BCUT2D eigenvalue weighted by molar-refractivity contribution is 7.07. The van der Waals surface area contributed by atoms with Gasteiger partial charge in [0, 0.05) is 19.0 Å². The van der Waals surface area contributed by atoms with Crippen molar-refractivity contribution in [1.82, 2.24) is 14.5 Å². The van der Waals surface area contributed by atoms with Crippen molar-refractivity contribution >= 4 is 23.4 Å². The predicted molar refractivity (Wildman–Crippen MR) is 60.8 cm³/mol. The first-order valence-corrected chi connectivity index (χ1v) is 6.09. The van der Waals surface area contributed by atoms with E-state index in [9.17, 15) is 9.59 Å². The van der Waals surface area contributed by atoms with E-state index in [1.165, 1.54) is 0 Å². The maximum atomic E-state index is 12.0. The van der Waals surface area contributed by atoms with E-state index in [1.807, 2.05) is 0 Å². The van der Waals surface area contributed by atoms with E-state index in [1.54, 1.807) is 18.7 Å². The van der Waals surface area contributed by atoms with Gasteiger partial charge in [-0.25, -0.2) is 0 Å². The van der Waals surface area contributed by atoms with Crippen molar-refractivity contribution in [1.29, 1.82) is 0 Å². The molecule has 1 aliphatic heterocycles. The highest BCUT2D eigenvalue weighted by Crippen LogP contribution is 2.26. The van der Waals surface area contributed by atoms with Crippen LogP contribution in [0.15, 0.2) is 0 Å². The third kappa shape index (κ3) is 2.14. The first-order valence-electron chi connectivity index (χ1n) is 5.31. The second kappa shape index (κ2) is 4.40. The van der Waals surface area contributed by atoms with Crippen LogP contribution in [-0.4, -0.2) is 44.6 Å². The van der Waals surface area contributed by atoms with Gasteiger partial charge in [0.15, 0.2) is 0 Å². The van der Waals surface area contributed by atoms with Crippen molar-refractivity contribution in [3.8, 4) is 0 Å². The monoisotopic (exact) mass is 255 g/mol. The number of aryl methyl sites for hydroxylation is 1. The van der Waals surface area contributed by atoms with E-state index >= 15 is 0 Å². The van der Waals surface area contributed by atoms with Crippen LogP contribution in [0, 0.1) is 18.8 Å². The summed E-state index contributed by atoms with van der Waals surface area (Å²) in [5.41, 5.74) is 0.634. The number of carboxylic acid groups (broad SMARTS) is 1. The smallest absolute Gasteiger partial charge is 0.306 e. The molecule has 2 rings (SSSR count). The second-order valence-corrected chi connectivity index (χ2v) is 5.04. The summed E-state index contributed by atoms with van der Waals surface area (Å²) < 4.78 is 3.72. The number of carbonyl (C=O) groups excluding carboxylic acids is 1. The lowest BCUT2D eigenvalue weighted by atomic mass is 9.87. The number of aliphatic carboxylic acids is 1. The van der Waals surface area contributed by atoms with Gasteiger partial charge in [0.05, 0.1) is 11.6 Å². The molecule has 0 spiro atoms. The zero-order valence-corrected chi connectivity index (χ0v) is 10.4. The Bertz CT molecular complexity index is 453. The van der Waals surface area contributed by atoms with E-state index in [-0.39, 0.29) is 11.8 Å². The number of carboxylic acids is 1. The Labute approximate surface area is 102 Å². The molecule has 1 N–H and O–H groups in total. The maximum absolute atomic E-state index is 12.0. The summed E-state index contributed by atoms with van der Waals surface area (Å²) in [7, 11) is 0. The highest BCUT2D eigenvalue weighted by atomic mass is 32.1. The summed E-state index contributed by atoms with van der Waals surface area (Å²) in [5.74, 6) is -1.25. The van der Waals surface area contributed by atoms with Gasteiger partial charge in [0.25, 0.3) is 5.91 Å². The number of hydrogen-bond acceptors (Lipinski definition) is 5. The first kappa shape index (κ1) is 12.0. The molecule has 2 heterocycles. The van der Waals surface area contributed by atoms with Crippen LogP contribution in [-0.2, 0) is 4.79 Å². The van der Waals surface area contributed by atoms with Crippen LogP contribution >= 0.6 is 11.5 Å². The van der Waals surface area contributed by atoms with E-state index in [2.05, 4.69) is 9.59 Å². The molecule has 1 amide bonds. The van der Waals surface area contributed by atoms with Gasteiger partial charge >= 0.3 is 5.97 Å². The minimum Gasteiger partial charge on any atom is -0.481 e. The van der Waals surface area contributed by atoms with E-state index < -0.39 is 11.9 Å². The lowest BCUT2D eigenvalue weighted by Crippen LogP contribution is -2.53. The van der Waals surface area contributed by atoms with Crippen molar-refractivity contribution in [3.05, 3.63) is 10.6 Å². The summed E-state index contributed by atoms with van der Waals surface area (Å²) in [6, 6.07) is 0. The lowest BCUT2D eigenvalue weighted by Gasteiger charge is -2.40. The Hall–Kier alpha value is -1.50. The summed E-state index contributed by atoms with van der Waals surface area (Å²) in [6.45, 7) is 4.43. The Balaban J connectivity index is 1.95. The third-order valence-corrected chi connectivity index (χ3v) is 3.96. The van der Waals surface area contributed by atoms with Crippen LogP contribution in [0.3, 0.4) is 0 Å². The quantitative estimate of drug-likeness (QED) is 0.856. The van der Waals surface area contributed by atoms with Crippen LogP contribution in [0.25, 0.3) is 0 Å². The molecule has 1 aliphatic rings. The number of amides is 1. The van der Waals surface area contributed by atoms with E-state index in [0.717, 1.165) is 11.5 Å². The van der Waals surface area contributed by atoms with Crippen LogP contribution in [0.4, 0.5) is 0 Å². The minimum atomic E-state index is -0.808. The first-order chi connectivity index (χ1) is 8.00. The molecule has 1 saturated heterocycles. The number of hydrogen-bond donors (Lipinski definition) is 1. The van der Waals surface area contributed by atoms with Crippen molar-refractivity contribution in [2.24, 2.45) is 11.8 Å². The standard InChI is InChI=1S/C10H13N3O3S/c1-5(10(15)16)7-3-13(4-7)9(14)8-6(2)11-12-17-8/h5,7H,3-4H2,1-2H3,(H,15,16). The number of rotatable bonds is 3. The lowest BCUT2D eigenvalue weighted by molar-refractivity contribution is -0.144. The van der Waals surface area contributed by atoms with Gasteiger partial charge in [-0.15, -0.1) is 5.10 Å². The molecule has 0 saturated carbocycles. The fourth-order valence-electron chi connectivity index (χ4n) is 1.77. The average molecular weight is 255 g/mol. The van der Waals surface area contributed by atoms with Gasteiger partial charge in [0.2, 0.25) is 0 Å². The molecule has 0 bridgehead atoms. The molecular weight excluding hydrogens is 242 g/mol. The van der Waals surface area contributed by atoms with E-state index in [4.69, 9.17) is 5.11 Å². The molecule has 1 atom stereocenters. The fraction of sp³-hybridized carbons (Fsp3) is 0.600. The molecule has 17 heavy (non-hydrogen) atoms. The SMILES string of the molecule is Cc1nnsc1C(=O)N1CC(C(C)C(=O)O)C1. The Morgan fingerprint density at radius 1 is 1.53 bits per heavy atom. The molecule has 0 radical (unpaired) electrons. The number of carbonyl (C=O) groups is 2. The summed E-state index contributed by atoms with van der Waals surface area (Å²) in [5, 5.41) is 12.6. The second-order valence-electron chi connectivity index (χ2n) is 4.28. The third-order valence-electron chi connectivity index (χ3n) is 3.14. The summed E-state index contributed by atoms with van der Waals surface area (Å²) in [6.07, 6.45) is 0. The van der Waals surface area contributed by atoms with Gasteiger partial charge in [-0.1, -0.05) is 11.4 Å². The molecule has 7 heteroatoms. The Morgan fingerprint density at radius 3 is 2.65 bits per heavy atom. The van der Waals surface area contributed by atoms with Crippen molar-refractivity contribution < 1.29 is 14.7 Å². The number of likely N-dealkylation sites (tertiary alicyclic amines) is 1. The van der Waals surface area contributed by atoms with Gasteiger partial charge in [-0.3, -0.25) is 9.59 Å². The average Bonchev–Trinajstić information content (AvgIpc) is 2.61. The number of aromatic nitrogens is 2. The summed E-state index contributed by atoms with van der Waals surface area (Å²) in [4.78, 5) is 24.9. The predicted octanol–water partition coefficient (Wildman–Crippen LogP) is 0.639. The maximum Gasteiger partial charge on any atom is 0.306 e. The molecular formula is C10H13N3O3S. The van der Waals surface area contributed by atoms with Crippen molar-refractivity contribution in [2.75, 3.05) is 13.1 Å². The minimum absolute atomic E-state index is 0.0534. The fourth-order valence-corrected chi connectivity index (χ4v) is 2.39. The molecule has 0 aliphatic carbocycles. The Morgan fingerprint density at radius 2 is 2.18 bits per heavy atom. The highest BCUT2D eigenvalue weighted by Gasteiger charge is 2.38. The van der Waals surface area contributed by atoms with Crippen LogP contribution in [0.5, 0.6) is 0 Å². The van der Waals surface area contributed by atoms with E-state index in [0.29, 0.717) is 23.7 Å². The zero-order chi connectivity index (χ0) is 12.6. The van der Waals surface area contributed by atoms with Crippen LogP contribution in [0.1, 0.15) is 22.3 Å². The zero-order valence-electron chi connectivity index (χ0n) is 9.58. The van der Waals surface area contributed by atoms with Gasteiger partial charge in [0.1, 0.15) is 4.88 Å². The van der Waals surface area contributed by atoms with Crippen molar-refractivity contribution in [3.63, 3.8) is 0 Å².